The molecule has 0 aliphatic rings. The monoisotopic (exact) mass is 256 g/mol. The fraction of sp³-hybridized carbons (Fsp3) is 0.769. The number of nitrogens with zero attached hydrogens (tertiary/aromatic N) is 1. The first kappa shape index (κ1) is 14.6. The number of methoxy groups -OCH3 is 1. The Bertz CT molecular complexity index is 325. The van der Waals surface area contributed by atoms with Crippen LogP contribution in [0.2, 0.25) is 0 Å². The minimum absolute atomic E-state index is 0.286. The Labute approximate surface area is 109 Å². The van der Waals surface area contributed by atoms with Crippen molar-refractivity contribution in [3.63, 3.8) is 0 Å². The Hall–Kier alpha value is -0.450. The second kappa shape index (κ2) is 7.09. The lowest BCUT2D eigenvalue weighted by atomic mass is 10.0. The molecule has 1 aromatic heterocycles. The Morgan fingerprint density at radius 1 is 1.41 bits per heavy atom. The van der Waals surface area contributed by atoms with E-state index >= 15 is 0 Å². The van der Waals surface area contributed by atoms with Gasteiger partial charge in [-0.05, 0) is 19.3 Å². The number of thiazole rings is 1. The number of aromatic nitrogens is 1. The summed E-state index contributed by atoms with van der Waals surface area (Å²) in [7, 11) is 1.75. The number of nitrogens with one attached hydrogen (secondary N) is 1. The molecule has 1 aromatic rings. The molecule has 0 aliphatic heterocycles. The molecular formula is C13H24N2OS. The van der Waals surface area contributed by atoms with Crippen LogP contribution in [0.4, 0.5) is 0 Å². The lowest BCUT2D eigenvalue weighted by Crippen LogP contribution is -2.39. The zero-order valence-electron chi connectivity index (χ0n) is 11.5. The summed E-state index contributed by atoms with van der Waals surface area (Å²) in [4.78, 5) is 4.62. The van der Waals surface area contributed by atoms with Gasteiger partial charge in [0.15, 0.2) is 0 Å². The second-order valence-corrected chi connectivity index (χ2v) is 5.66. The molecule has 4 heteroatoms. The molecule has 3 nitrogen and oxygen atoms in total. The van der Waals surface area contributed by atoms with Gasteiger partial charge in [0.2, 0.25) is 0 Å². The highest BCUT2D eigenvalue weighted by Gasteiger charge is 2.18. The molecule has 0 fully saturated rings. The summed E-state index contributed by atoms with van der Waals surface area (Å²) in [6, 6.07) is 0.663. The Morgan fingerprint density at radius 3 is 2.59 bits per heavy atom. The van der Waals surface area contributed by atoms with Crippen LogP contribution >= 0.6 is 11.3 Å². The second-order valence-electron chi connectivity index (χ2n) is 4.71. The van der Waals surface area contributed by atoms with E-state index in [4.69, 9.17) is 4.74 Å². The third-order valence-electron chi connectivity index (χ3n) is 2.93. The molecule has 98 valence electrons. The van der Waals surface area contributed by atoms with Gasteiger partial charge in [0.1, 0.15) is 0 Å². The molecule has 0 saturated heterocycles. The smallest absolute Gasteiger partial charge is 0.0926 e. The van der Waals surface area contributed by atoms with Gasteiger partial charge in [0, 0.05) is 24.6 Å². The molecule has 0 spiro atoms. The van der Waals surface area contributed by atoms with E-state index in [-0.39, 0.29) is 6.04 Å². The largest absolute Gasteiger partial charge is 0.383 e. The van der Waals surface area contributed by atoms with Crippen LogP contribution in [-0.4, -0.2) is 24.7 Å². The molecule has 0 aromatic carbocycles. The van der Waals surface area contributed by atoms with E-state index in [0.717, 1.165) is 18.7 Å². The van der Waals surface area contributed by atoms with Crippen molar-refractivity contribution in [2.45, 2.75) is 46.2 Å². The zero-order chi connectivity index (χ0) is 12.8. The van der Waals surface area contributed by atoms with Gasteiger partial charge in [0.05, 0.1) is 17.3 Å². The van der Waals surface area contributed by atoms with E-state index in [9.17, 15) is 0 Å². The van der Waals surface area contributed by atoms with Crippen molar-refractivity contribution >= 4 is 11.3 Å². The maximum atomic E-state index is 5.25. The summed E-state index contributed by atoms with van der Waals surface area (Å²) in [6.45, 7) is 9.47. The molecule has 0 radical (unpaired) electrons. The van der Waals surface area contributed by atoms with Gasteiger partial charge in [-0.15, -0.1) is 11.3 Å². The highest BCUT2D eigenvalue weighted by atomic mass is 32.1. The molecule has 2 atom stereocenters. The molecule has 1 N–H and O–H groups in total. The summed E-state index contributed by atoms with van der Waals surface area (Å²) in [6.07, 6.45) is 1.02. The van der Waals surface area contributed by atoms with Crippen molar-refractivity contribution in [1.29, 1.82) is 0 Å². The molecular weight excluding hydrogens is 232 g/mol. The van der Waals surface area contributed by atoms with Gasteiger partial charge >= 0.3 is 0 Å². The van der Waals surface area contributed by atoms with Crippen molar-refractivity contribution in [3.05, 3.63) is 16.1 Å². The number of rotatable bonds is 7. The number of ether oxygens (including phenoxy) is 1. The average Bonchev–Trinajstić information content (AvgIpc) is 2.76. The summed E-state index contributed by atoms with van der Waals surface area (Å²) in [5, 5.41) is 6.95. The van der Waals surface area contributed by atoms with Gasteiger partial charge in [-0.2, -0.15) is 0 Å². The Balaban J connectivity index is 2.59. The van der Waals surface area contributed by atoms with Crippen LogP contribution in [0.15, 0.2) is 5.38 Å². The van der Waals surface area contributed by atoms with Gasteiger partial charge in [-0.3, -0.25) is 0 Å². The standard InChI is InChI=1S/C13H24N2OS/c1-6-13-15-12(8-17-13)10(4)14-11(7-16-5)9(2)3/h8-11,14H,6-7H2,1-5H3/t10-,11-/m0/s1. The summed E-state index contributed by atoms with van der Waals surface area (Å²) in [5.41, 5.74) is 1.15. The topological polar surface area (TPSA) is 34.2 Å². The van der Waals surface area contributed by atoms with Crippen molar-refractivity contribution in [2.24, 2.45) is 5.92 Å². The first-order valence-corrected chi connectivity index (χ1v) is 7.15. The molecule has 0 unspecified atom stereocenters. The fourth-order valence-electron chi connectivity index (χ4n) is 1.71. The Morgan fingerprint density at radius 2 is 2.12 bits per heavy atom. The van der Waals surface area contributed by atoms with Crippen LogP contribution in [0.3, 0.4) is 0 Å². The summed E-state index contributed by atoms with van der Waals surface area (Å²) < 4.78 is 5.25. The SMILES string of the molecule is CCc1nc([C@H](C)N[C@@H](COC)C(C)C)cs1. The van der Waals surface area contributed by atoms with Crippen LogP contribution in [0.25, 0.3) is 0 Å². The highest BCUT2D eigenvalue weighted by Crippen LogP contribution is 2.18. The third-order valence-corrected chi connectivity index (χ3v) is 3.94. The molecule has 0 amide bonds. The van der Waals surface area contributed by atoms with E-state index in [2.05, 4.69) is 43.4 Å². The van der Waals surface area contributed by atoms with Gasteiger partial charge in [0.25, 0.3) is 0 Å². The Kier molecular flexibility index (Phi) is 6.09. The van der Waals surface area contributed by atoms with E-state index in [0.29, 0.717) is 12.0 Å². The predicted molar refractivity (Wildman–Crippen MR) is 73.5 cm³/mol. The van der Waals surface area contributed by atoms with Gasteiger partial charge in [-0.25, -0.2) is 4.98 Å². The van der Waals surface area contributed by atoms with Crippen molar-refractivity contribution in [2.75, 3.05) is 13.7 Å². The zero-order valence-corrected chi connectivity index (χ0v) is 12.3. The van der Waals surface area contributed by atoms with E-state index in [1.807, 2.05) is 0 Å². The molecule has 17 heavy (non-hydrogen) atoms. The fourth-order valence-corrected chi connectivity index (χ4v) is 2.54. The molecule has 0 saturated carbocycles. The highest BCUT2D eigenvalue weighted by molar-refractivity contribution is 7.09. The minimum atomic E-state index is 0.286. The van der Waals surface area contributed by atoms with E-state index < -0.39 is 0 Å². The minimum Gasteiger partial charge on any atom is -0.383 e. The number of hydrogen-bond acceptors (Lipinski definition) is 4. The van der Waals surface area contributed by atoms with Crippen molar-refractivity contribution in [3.8, 4) is 0 Å². The van der Waals surface area contributed by atoms with Crippen molar-refractivity contribution in [1.82, 2.24) is 10.3 Å². The van der Waals surface area contributed by atoms with Crippen molar-refractivity contribution < 1.29 is 4.74 Å². The van der Waals surface area contributed by atoms with Crippen LogP contribution in [-0.2, 0) is 11.2 Å². The summed E-state index contributed by atoms with van der Waals surface area (Å²) >= 11 is 1.74. The number of hydrogen-bond donors (Lipinski definition) is 1. The van der Waals surface area contributed by atoms with E-state index in [1.54, 1.807) is 18.4 Å². The average molecular weight is 256 g/mol. The van der Waals surface area contributed by atoms with Gasteiger partial charge in [-0.1, -0.05) is 20.8 Å². The molecule has 1 rings (SSSR count). The maximum Gasteiger partial charge on any atom is 0.0926 e. The van der Waals surface area contributed by atoms with Crippen LogP contribution < -0.4 is 5.32 Å². The lowest BCUT2D eigenvalue weighted by molar-refractivity contribution is 0.141. The molecule has 0 bridgehead atoms. The van der Waals surface area contributed by atoms with Crippen LogP contribution in [0.1, 0.15) is 44.4 Å². The lowest BCUT2D eigenvalue weighted by Gasteiger charge is -2.25. The normalized spacial score (nSPS) is 15.2. The first-order valence-electron chi connectivity index (χ1n) is 6.27. The summed E-state index contributed by atoms with van der Waals surface area (Å²) in [5.74, 6) is 0.557. The number of aryl methyl sites for hydroxylation is 1. The molecule has 0 aliphatic carbocycles. The maximum absolute atomic E-state index is 5.25. The van der Waals surface area contributed by atoms with Crippen LogP contribution in [0, 0.1) is 5.92 Å². The predicted octanol–water partition coefficient (Wildman–Crippen LogP) is 3.03. The van der Waals surface area contributed by atoms with Crippen LogP contribution in [0.5, 0.6) is 0 Å². The van der Waals surface area contributed by atoms with Gasteiger partial charge < -0.3 is 10.1 Å². The van der Waals surface area contributed by atoms with E-state index in [1.165, 1.54) is 5.01 Å². The molecule has 1 heterocycles. The first-order chi connectivity index (χ1) is 8.08. The third kappa shape index (κ3) is 4.37. The quantitative estimate of drug-likeness (QED) is 0.814.